The van der Waals surface area contributed by atoms with Gasteiger partial charge in [0.1, 0.15) is 11.1 Å². The van der Waals surface area contributed by atoms with Crippen molar-refractivity contribution in [3.05, 3.63) is 18.2 Å². The summed E-state index contributed by atoms with van der Waals surface area (Å²) < 4.78 is 23.0. The van der Waals surface area contributed by atoms with E-state index in [9.17, 15) is 5.11 Å². The van der Waals surface area contributed by atoms with E-state index in [1.54, 1.807) is 27.4 Å². The monoisotopic (exact) mass is 552 g/mol. The molecule has 0 aliphatic carbocycles. The van der Waals surface area contributed by atoms with E-state index in [1.807, 2.05) is 12.1 Å². The molecule has 32 heavy (non-hydrogen) atoms. The summed E-state index contributed by atoms with van der Waals surface area (Å²) in [6.45, 7) is 21.5. The minimum Gasteiger partial charge on any atom is -1.00 e. The van der Waals surface area contributed by atoms with Crippen molar-refractivity contribution in [2.75, 3.05) is 27.9 Å². The average Bonchev–Trinajstić information content (AvgIpc) is 2.60. The Morgan fingerprint density at radius 3 is 1.62 bits per heavy atom. The molecule has 0 aromatic heterocycles. The van der Waals surface area contributed by atoms with Crippen LogP contribution in [0.15, 0.2) is 18.2 Å². The summed E-state index contributed by atoms with van der Waals surface area (Å²) >= 11 is 0. The minimum atomic E-state index is -2.62. The smallest absolute Gasteiger partial charge is 0.500 e. The topological polar surface area (TPSA) is 57.2 Å². The van der Waals surface area contributed by atoms with Gasteiger partial charge in [0.2, 0.25) is 0 Å². The van der Waals surface area contributed by atoms with Crippen LogP contribution in [0, 0.1) is 0 Å². The van der Waals surface area contributed by atoms with Crippen LogP contribution in [-0.2, 0) is 13.3 Å². The van der Waals surface area contributed by atoms with Crippen molar-refractivity contribution >= 4 is 21.4 Å². The van der Waals surface area contributed by atoms with Gasteiger partial charge in [0.25, 0.3) is 0 Å². The average molecular weight is 554 g/mol. The fourth-order valence-corrected chi connectivity index (χ4v) is 16.7. The highest BCUT2D eigenvalue weighted by Crippen LogP contribution is 2.83. The Morgan fingerprint density at radius 1 is 0.812 bits per heavy atom. The van der Waals surface area contributed by atoms with E-state index in [4.69, 9.17) is 18.0 Å². The molecule has 0 saturated heterocycles. The van der Waals surface area contributed by atoms with Crippen molar-refractivity contribution in [1.29, 1.82) is 0 Å². The van der Waals surface area contributed by atoms with Crippen LogP contribution < -0.4 is 27.0 Å². The van der Waals surface area contributed by atoms with Gasteiger partial charge in [-0.3, -0.25) is 0 Å². The summed E-state index contributed by atoms with van der Waals surface area (Å²) in [5.74, 6) is 1.15. The molecule has 0 amide bonds. The Kier molecular flexibility index (Phi) is 11.4. The number of phenols is 1. The Bertz CT molecular complexity index is 674. The standard InChI is InChI=1S/C24H45O5PSi.BrH/c1-22(2,3)30(23(4,5)6,24(7,8)9)21-18-19(25)14-15-20(21)29-16-13-17-31(26-10,27-11)28-12;/h14-15,18H,13,16-17H2,1-12H3;1H. The third-order valence-corrected chi connectivity index (χ3v) is 16.1. The van der Waals surface area contributed by atoms with Gasteiger partial charge in [-0.15, -0.1) is 0 Å². The number of aromatic hydroxyl groups is 1. The van der Waals surface area contributed by atoms with Crippen molar-refractivity contribution in [2.45, 2.75) is 90.2 Å². The highest BCUT2D eigenvalue weighted by molar-refractivity contribution is 7.87. The first-order valence-electron chi connectivity index (χ1n) is 11.0. The number of ether oxygens (including phenoxy) is 1. The zero-order chi connectivity index (χ0) is 24.3. The normalized spacial score (nSPS) is 13.6. The van der Waals surface area contributed by atoms with Gasteiger partial charge in [-0.2, -0.15) is 0 Å². The molecule has 0 fully saturated rings. The number of halogens is 1. The predicted octanol–water partition coefficient (Wildman–Crippen LogP) is 3.08. The molecular weight excluding hydrogens is 507 g/mol. The Balaban J connectivity index is 0.00000961. The molecule has 0 radical (unpaired) electrons. The summed E-state index contributed by atoms with van der Waals surface area (Å²) in [6.07, 6.45) is 0.758. The van der Waals surface area contributed by atoms with E-state index >= 15 is 0 Å². The molecule has 1 aromatic rings. The molecule has 0 unspecified atom stereocenters. The summed E-state index contributed by atoms with van der Waals surface area (Å²) in [5, 5.41) is 11.7. The van der Waals surface area contributed by atoms with Gasteiger partial charge in [0.15, 0.2) is 5.75 Å². The van der Waals surface area contributed by atoms with Crippen LogP contribution in [0.2, 0.25) is 6.04 Å². The van der Waals surface area contributed by atoms with Crippen LogP contribution in [0.1, 0.15) is 68.7 Å². The molecule has 0 aliphatic heterocycles. The third kappa shape index (κ3) is 6.28. The van der Waals surface area contributed by atoms with Crippen LogP contribution in [0.4, 0.5) is 0 Å². The van der Waals surface area contributed by atoms with Gasteiger partial charge >= 0.3 is 8.80 Å². The Morgan fingerprint density at radius 2 is 1.25 bits per heavy atom. The summed E-state index contributed by atoms with van der Waals surface area (Å²) in [6, 6.07) is 6.28. The second kappa shape index (κ2) is 11.5. The van der Waals surface area contributed by atoms with Gasteiger partial charge in [-0.1, -0.05) is 0 Å². The zero-order valence-corrected chi connectivity index (χ0v) is 25.7. The molecule has 1 aromatic carbocycles. The number of benzene rings is 1. The highest BCUT2D eigenvalue weighted by Gasteiger charge is 2.67. The van der Waals surface area contributed by atoms with Crippen LogP contribution in [0.5, 0.6) is 11.5 Å². The van der Waals surface area contributed by atoms with Crippen LogP contribution >= 0.6 is 7.26 Å². The van der Waals surface area contributed by atoms with Crippen LogP contribution in [-0.4, -0.2) is 57.3 Å². The first-order valence-corrected chi connectivity index (χ1v) is 14.8. The molecule has 0 bridgehead atoms. The summed E-state index contributed by atoms with van der Waals surface area (Å²) in [5.41, 5.74) is 0. The van der Waals surface area contributed by atoms with Crippen molar-refractivity contribution in [3.8, 4) is 11.5 Å². The number of hydrogen-bond donors (Lipinski definition) is 1. The van der Waals surface area contributed by atoms with Crippen molar-refractivity contribution in [3.63, 3.8) is 0 Å². The number of phenolic OH excluding ortho intramolecular Hbond substituents is 1. The number of hydrogen-bond acceptors (Lipinski definition) is 5. The van der Waals surface area contributed by atoms with Crippen molar-refractivity contribution < 1.29 is 40.1 Å². The highest BCUT2D eigenvalue weighted by atomic mass is 79.9. The second-order valence-corrected chi connectivity index (χ2v) is 20.0. The molecule has 0 heterocycles. The first kappa shape index (κ1) is 31.8. The van der Waals surface area contributed by atoms with E-state index < -0.39 is 16.1 Å². The molecule has 1 N–H and O–H groups in total. The molecule has 188 valence electrons. The van der Waals surface area contributed by atoms with Crippen LogP contribution in [0.25, 0.3) is 0 Å². The van der Waals surface area contributed by atoms with E-state index in [0.29, 0.717) is 12.7 Å². The predicted molar refractivity (Wildman–Crippen MR) is 136 cm³/mol. The first-order chi connectivity index (χ1) is 14.0. The van der Waals surface area contributed by atoms with Crippen molar-refractivity contribution in [1.82, 2.24) is 0 Å². The lowest BCUT2D eigenvalue weighted by molar-refractivity contribution is -0.0000134. The lowest BCUT2D eigenvalue weighted by Gasteiger charge is -2.54. The van der Waals surface area contributed by atoms with E-state index in [1.165, 1.54) is 0 Å². The van der Waals surface area contributed by atoms with Crippen LogP contribution in [0.3, 0.4) is 0 Å². The molecule has 1 rings (SSSR count). The van der Waals surface area contributed by atoms with Gasteiger partial charge in [-0.05, 0) is 80.9 Å². The van der Waals surface area contributed by atoms with E-state index in [0.717, 1.165) is 17.5 Å². The van der Waals surface area contributed by atoms with E-state index in [2.05, 4.69) is 62.3 Å². The van der Waals surface area contributed by atoms with Gasteiger partial charge in [0, 0.05) is 33.4 Å². The maximum Gasteiger partial charge on any atom is 0.500 e. The zero-order valence-electron chi connectivity index (χ0n) is 22.3. The van der Waals surface area contributed by atoms with Gasteiger partial charge in [0.05, 0.1) is 29.3 Å². The minimum absolute atomic E-state index is 0. The summed E-state index contributed by atoms with van der Waals surface area (Å²) in [4.78, 5) is 0. The molecule has 0 saturated carbocycles. The van der Waals surface area contributed by atoms with Gasteiger partial charge < -0.3 is 40.1 Å². The molecule has 0 atom stereocenters. The maximum atomic E-state index is 10.5. The Labute approximate surface area is 209 Å². The Hall–Kier alpha value is -0.173. The summed E-state index contributed by atoms with van der Waals surface area (Å²) in [7, 11) is 0.365. The fraction of sp³-hybridized carbons (Fsp3) is 0.750. The third-order valence-electron chi connectivity index (χ3n) is 6.14. The lowest BCUT2D eigenvalue weighted by atomic mass is 10.2. The maximum absolute atomic E-state index is 10.5. The lowest BCUT2D eigenvalue weighted by Crippen LogP contribution is -3.00. The second-order valence-electron chi connectivity index (χ2n) is 11.1. The van der Waals surface area contributed by atoms with Crippen molar-refractivity contribution in [2.24, 2.45) is 0 Å². The quantitative estimate of drug-likeness (QED) is 0.290. The SMILES string of the molecule is CO[Si](CCCOc1ccc(O)cc1[P+](C(C)(C)C)(C(C)(C)C)C(C)(C)C)(OC)OC.[Br-]. The van der Waals surface area contributed by atoms with E-state index in [-0.39, 0.29) is 38.2 Å². The van der Waals surface area contributed by atoms with Gasteiger partial charge in [-0.25, -0.2) is 0 Å². The number of rotatable bonds is 9. The molecule has 0 spiro atoms. The fourth-order valence-electron chi connectivity index (χ4n) is 6.02. The molecule has 0 aliphatic rings. The molecular formula is C24H46BrO5PSi. The molecule has 8 heteroatoms. The largest absolute Gasteiger partial charge is 1.00 e. The molecule has 5 nitrogen and oxygen atoms in total.